The molecule has 6 heteroatoms. The Bertz CT molecular complexity index is 510. The molecular formula is C20H32LiNaO4. The maximum atomic E-state index is 11.8. The van der Waals surface area contributed by atoms with Crippen LogP contribution in [0.25, 0.3) is 0 Å². The summed E-state index contributed by atoms with van der Waals surface area (Å²) in [5, 5.41) is 8.77. The Kier molecular flexibility index (Phi) is 17.0. The van der Waals surface area contributed by atoms with Crippen LogP contribution in [0.4, 0.5) is 0 Å². The Morgan fingerprint density at radius 3 is 2.08 bits per heavy atom. The second-order valence-electron chi connectivity index (χ2n) is 6.51. The molecule has 1 atom stereocenters. The van der Waals surface area contributed by atoms with Crippen LogP contribution in [0.2, 0.25) is 0 Å². The fourth-order valence-electron chi connectivity index (χ4n) is 2.88. The molecule has 0 amide bonds. The molecule has 0 aromatic heterocycles. The molecule has 0 aliphatic heterocycles. The fourth-order valence-corrected chi connectivity index (χ4v) is 2.88. The Balaban J connectivity index is 0. The van der Waals surface area contributed by atoms with Gasteiger partial charge in [0.25, 0.3) is 0 Å². The number of carboxylic acids is 1. The SMILES string of the molecule is CCCCCCCCCC(C)(OC(=O)CC(=O)O)c1ccccc1.[LiH].[NaH]. The molecule has 0 fully saturated rings. The molecule has 4 nitrogen and oxygen atoms in total. The molecule has 0 saturated carbocycles. The van der Waals surface area contributed by atoms with Crippen molar-refractivity contribution in [3.63, 3.8) is 0 Å². The van der Waals surface area contributed by atoms with Gasteiger partial charge in [0, 0.05) is 0 Å². The van der Waals surface area contributed by atoms with Gasteiger partial charge in [-0.3, -0.25) is 9.59 Å². The molecule has 26 heavy (non-hydrogen) atoms. The average molecular weight is 366 g/mol. The first kappa shape index (κ1) is 28.0. The zero-order valence-electron chi connectivity index (χ0n) is 14.9. The number of aliphatic carboxylic acids is 1. The molecule has 0 saturated heterocycles. The Morgan fingerprint density at radius 2 is 1.54 bits per heavy atom. The van der Waals surface area contributed by atoms with E-state index in [2.05, 4.69) is 6.92 Å². The predicted octanol–water partition coefficient (Wildman–Crippen LogP) is 3.76. The molecule has 1 aromatic rings. The normalized spacial score (nSPS) is 12.2. The molecule has 0 radical (unpaired) electrons. The summed E-state index contributed by atoms with van der Waals surface area (Å²) < 4.78 is 5.56. The number of hydrogen-bond donors (Lipinski definition) is 1. The van der Waals surface area contributed by atoms with Crippen molar-refractivity contribution >= 4 is 60.4 Å². The van der Waals surface area contributed by atoms with Crippen LogP contribution >= 0.6 is 0 Å². The van der Waals surface area contributed by atoms with E-state index in [0.717, 1.165) is 18.4 Å². The van der Waals surface area contributed by atoms with Gasteiger partial charge in [0.1, 0.15) is 12.0 Å². The van der Waals surface area contributed by atoms with E-state index in [0.29, 0.717) is 6.42 Å². The number of hydrogen-bond acceptors (Lipinski definition) is 3. The molecule has 1 rings (SSSR count). The number of esters is 1. The summed E-state index contributed by atoms with van der Waals surface area (Å²) in [5.74, 6) is -1.84. The van der Waals surface area contributed by atoms with Gasteiger partial charge in [-0.05, 0) is 25.3 Å². The van der Waals surface area contributed by atoms with E-state index in [1.54, 1.807) is 0 Å². The third-order valence-electron chi connectivity index (χ3n) is 4.28. The van der Waals surface area contributed by atoms with Crippen LogP contribution in [0, 0.1) is 0 Å². The second kappa shape index (κ2) is 15.8. The topological polar surface area (TPSA) is 63.6 Å². The van der Waals surface area contributed by atoms with Crippen LogP contribution in [0.1, 0.15) is 77.2 Å². The Labute approximate surface area is 191 Å². The zero-order valence-corrected chi connectivity index (χ0v) is 14.9. The molecule has 1 N–H and O–H groups in total. The van der Waals surface area contributed by atoms with E-state index >= 15 is 0 Å². The molecule has 0 bridgehead atoms. The van der Waals surface area contributed by atoms with Crippen LogP contribution in [-0.2, 0) is 19.9 Å². The van der Waals surface area contributed by atoms with Gasteiger partial charge in [0.05, 0.1) is 0 Å². The first-order chi connectivity index (χ1) is 11.5. The summed E-state index contributed by atoms with van der Waals surface area (Å²) in [6.07, 6.45) is 8.40. The second-order valence-corrected chi connectivity index (χ2v) is 6.51. The first-order valence-electron chi connectivity index (χ1n) is 8.97. The van der Waals surface area contributed by atoms with Crippen molar-refractivity contribution in [2.24, 2.45) is 0 Å². The monoisotopic (exact) mass is 366 g/mol. The van der Waals surface area contributed by atoms with Crippen molar-refractivity contribution < 1.29 is 19.4 Å². The maximum absolute atomic E-state index is 11.8. The molecule has 0 aliphatic rings. The third-order valence-corrected chi connectivity index (χ3v) is 4.28. The van der Waals surface area contributed by atoms with Crippen molar-refractivity contribution in [1.29, 1.82) is 0 Å². The van der Waals surface area contributed by atoms with Crippen LogP contribution < -0.4 is 0 Å². The average Bonchev–Trinajstić information content (AvgIpc) is 2.54. The zero-order chi connectivity index (χ0) is 17.8. The number of carbonyl (C=O) groups is 2. The van der Waals surface area contributed by atoms with Crippen LogP contribution in [-0.4, -0.2) is 65.5 Å². The van der Waals surface area contributed by atoms with Crippen LogP contribution in [0.3, 0.4) is 0 Å². The van der Waals surface area contributed by atoms with E-state index in [1.165, 1.54) is 32.1 Å². The summed E-state index contributed by atoms with van der Waals surface area (Å²) in [6.45, 7) is 4.08. The van der Waals surface area contributed by atoms with E-state index in [1.807, 2.05) is 37.3 Å². The quantitative estimate of drug-likeness (QED) is 0.265. The Hall–Kier alpha value is -0.243. The Morgan fingerprint density at radius 1 is 1.00 bits per heavy atom. The summed E-state index contributed by atoms with van der Waals surface area (Å²) in [7, 11) is 0. The van der Waals surface area contributed by atoms with Crippen molar-refractivity contribution in [3.05, 3.63) is 35.9 Å². The number of benzene rings is 1. The summed E-state index contributed by atoms with van der Waals surface area (Å²) in [6, 6.07) is 9.58. The standard InChI is InChI=1S/C20H30O4.Li.Na.2H/c1-3-4-5-6-7-8-12-15-20(2,17-13-10-9-11-14-17)24-19(23)16-18(21)22;;;;/h9-11,13-14H,3-8,12,15-16H2,1-2H3,(H,21,22);;;;. The van der Waals surface area contributed by atoms with Crippen LogP contribution in [0.5, 0.6) is 0 Å². The van der Waals surface area contributed by atoms with E-state index < -0.39 is 24.0 Å². The minimum absolute atomic E-state index is 0. The molecule has 0 aliphatic carbocycles. The predicted molar refractivity (Wildman–Crippen MR) is 109 cm³/mol. The van der Waals surface area contributed by atoms with Crippen molar-refractivity contribution in [2.75, 3.05) is 0 Å². The third kappa shape index (κ3) is 11.5. The number of rotatable bonds is 12. The summed E-state index contributed by atoms with van der Waals surface area (Å²) >= 11 is 0. The summed E-state index contributed by atoms with van der Waals surface area (Å²) in [5.41, 5.74) is 0.145. The van der Waals surface area contributed by atoms with Crippen molar-refractivity contribution in [3.8, 4) is 0 Å². The van der Waals surface area contributed by atoms with Gasteiger partial charge in [0.15, 0.2) is 0 Å². The van der Waals surface area contributed by atoms with Gasteiger partial charge in [-0.1, -0.05) is 75.8 Å². The minimum atomic E-state index is -1.16. The number of ether oxygens (including phenoxy) is 1. The van der Waals surface area contributed by atoms with Gasteiger partial charge in [-0.15, -0.1) is 0 Å². The van der Waals surface area contributed by atoms with Crippen LogP contribution in [0.15, 0.2) is 30.3 Å². The van der Waals surface area contributed by atoms with Gasteiger partial charge in [-0.2, -0.15) is 0 Å². The van der Waals surface area contributed by atoms with Gasteiger partial charge in [-0.25, -0.2) is 0 Å². The molecule has 138 valence electrons. The van der Waals surface area contributed by atoms with Crippen molar-refractivity contribution in [2.45, 2.75) is 77.2 Å². The summed E-state index contributed by atoms with van der Waals surface area (Å²) in [4.78, 5) is 22.6. The van der Waals surface area contributed by atoms with Gasteiger partial charge < -0.3 is 9.84 Å². The molecule has 0 heterocycles. The number of unbranched alkanes of at least 4 members (excludes halogenated alkanes) is 6. The molecule has 1 unspecified atom stereocenters. The van der Waals surface area contributed by atoms with E-state index in [-0.39, 0.29) is 48.4 Å². The van der Waals surface area contributed by atoms with Gasteiger partial charge in [0.2, 0.25) is 0 Å². The fraction of sp³-hybridized carbons (Fsp3) is 0.600. The first-order valence-corrected chi connectivity index (χ1v) is 8.97. The molecule has 1 aromatic carbocycles. The van der Waals surface area contributed by atoms with E-state index in [9.17, 15) is 9.59 Å². The van der Waals surface area contributed by atoms with E-state index in [4.69, 9.17) is 9.84 Å². The number of carboxylic acid groups (broad SMARTS) is 1. The molecule has 0 spiro atoms. The van der Waals surface area contributed by atoms with Gasteiger partial charge >= 0.3 is 60.4 Å². The number of carbonyl (C=O) groups excluding carboxylic acids is 1. The molecular weight excluding hydrogens is 334 g/mol. The van der Waals surface area contributed by atoms with Crippen molar-refractivity contribution in [1.82, 2.24) is 0 Å².